The number of ether oxygens (including phenoxy) is 2. The van der Waals surface area contributed by atoms with Gasteiger partial charge in [-0.25, -0.2) is 0 Å². The predicted molar refractivity (Wildman–Crippen MR) is 152 cm³/mol. The highest BCUT2D eigenvalue weighted by Crippen LogP contribution is 2.22. The molecule has 9 heteroatoms. The molecule has 0 aromatic heterocycles. The molecule has 9 nitrogen and oxygen atoms in total. The zero-order valence-corrected chi connectivity index (χ0v) is 24.6. The minimum atomic E-state index is -1.54. The molecule has 1 saturated heterocycles. The van der Waals surface area contributed by atoms with Crippen LogP contribution in [0.5, 0.6) is 0 Å². The third kappa shape index (κ3) is 15.7. The van der Waals surface area contributed by atoms with Crippen LogP contribution in [0.3, 0.4) is 0 Å². The average molecular weight is 562 g/mol. The van der Waals surface area contributed by atoms with Crippen molar-refractivity contribution in [1.29, 1.82) is 0 Å². The van der Waals surface area contributed by atoms with Crippen LogP contribution < -0.4 is 5.32 Å². The summed E-state index contributed by atoms with van der Waals surface area (Å²) in [6, 6.07) is -0.705. The van der Waals surface area contributed by atoms with Crippen molar-refractivity contribution in [2.75, 3.05) is 13.2 Å². The quantitative estimate of drug-likeness (QED) is 0.0977. The Labute approximate surface area is 236 Å². The molecule has 0 unspecified atom stereocenters. The van der Waals surface area contributed by atoms with Gasteiger partial charge in [-0.3, -0.25) is 4.79 Å². The lowest BCUT2D eigenvalue weighted by atomic mass is 9.99. The molecule has 1 rings (SSSR count). The van der Waals surface area contributed by atoms with Gasteiger partial charge in [-0.15, -0.1) is 0 Å². The molecule has 1 aliphatic heterocycles. The van der Waals surface area contributed by atoms with Crippen LogP contribution in [0.2, 0.25) is 0 Å². The summed E-state index contributed by atoms with van der Waals surface area (Å²) >= 11 is 0. The Morgan fingerprint density at radius 2 is 1.28 bits per heavy atom. The fraction of sp³-hybridized carbons (Fsp3) is 0.967. The maximum atomic E-state index is 12.5. The Hall–Kier alpha value is -0.810. The van der Waals surface area contributed by atoms with E-state index in [4.69, 9.17) is 9.47 Å². The monoisotopic (exact) mass is 561 g/mol. The number of rotatable bonds is 24. The Kier molecular flexibility index (Phi) is 21.2. The summed E-state index contributed by atoms with van der Waals surface area (Å²) in [4.78, 5) is 12.5. The van der Waals surface area contributed by atoms with Gasteiger partial charge in [0.2, 0.25) is 5.91 Å². The van der Waals surface area contributed by atoms with Gasteiger partial charge in [-0.05, 0) is 12.8 Å². The maximum absolute atomic E-state index is 12.5. The first-order chi connectivity index (χ1) is 18.8. The standard InChI is InChI=1S/C30H59NO8/c1-3-5-7-8-9-10-11-12-13-14-15-16-18-19-24(33)23(31-26(34)20-17-6-4-2)22-38-30-29(37)28(36)27(35)25(21-32)39-30/h23-25,27-30,32-33,35-37H,3-22H2,1-2H3,(H,31,34)/t23-,24+,25+,27-,28-,29+,30+/m0/s1. The van der Waals surface area contributed by atoms with Gasteiger partial charge in [0.15, 0.2) is 6.29 Å². The number of hydrogen-bond donors (Lipinski definition) is 6. The van der Waals surface area contributed by atoms with Gasteiger partial charge >= 0.3 is 0 Å². The molecule has 0 spiro atoms. The average Bonchev–Trinajstić information content (AvgIpc) is 2.93. The Bertz CT molecular complexity index is 593. The number of amides is 1. The number of carbonyl (C=O) groups is 1. The van der Waals surface area contributed by atoms with Crippen molar-refractivity contribution in [3.63, 3.8) is 0 Å². The van der Waals surface area contributed by atoms with E-state index in [1.54, 1.807) is 0 Å². The molecule has 7 atom stereocenters. The first kappa shape index (κ1) is 36.2. The molecule has 1 fully saturated rings. The SMILES string of the molecule is CCCCCCCCCCCCCCC[C@@H](O)[C@H](CO[C@@H]1O[C@H](CO)[C@H](O)[C@H](O)[C@H]1O)NC(=O)CCCCC. The molecule has 232 valence electrons. The Morgan fingerprint density at radius 3 is 1.82 bits per heavy atom. The number of hydrogen-bond acceptors (Lipinski definition) is 8. The minimum absolute atomic E-state index is 0.137. The van der Waals surface area contributed by atoms with E-state index in [-0.39, 0.29) is 12.5 Å². The van der Waals surface area contributed by atoms with Crippen molar-refractivity contribution in [2.24, 2.45) is 0 Å². The smallest absolute Gasteiger partial charge is 0.220 e. The third-order valence-corrected chi connectivity index (χ3v) is 7.71. The number of unbranched alkanes of at least 4 members (excludes halogenated alkanes) is 14. The molecule has 6 N–H and O–H groups in total. The summed E-state index contributed by atoms with van der Waals surface area (Å²) in [5.74, 6) is -0.171. The lowest BCUT2D eigenvalue weighted by Gasteiger charge is -2.40. The fourth-order valence-electron chi connectivity index (χ4n) is 5.04. The van der Waals surface area contributed by atoms with Crippen molar-refractivity contribution in [1.82, 2.24) is 5.32 Å². The molecule has 0 aliphatic carbocycles. The van der Waals surface area contributed by atoms with E-state index in [0.717, 1.165) is 38.5 Å². The van der Waals surface area contributed by atoms with E-state index in [0.29, 0.717) is 12.8 Å². The van der Waals surface area contributed by atoms with Crippen molar-refractivity contribution >= 4 is 5.91 Å². The van der Waals surface area contributed by atoms with E-state index >= 15 is 0 Å². The fourth-order valence-corrected chi connectivity index (χ4v) is 5.04. The van der Waals surface area contributed by atoms with Crippen molar-refractivity contribution < 1.29 is 39.8 Å². The summed E-state index contributed by atoms with van der Waals surface area (Å²) in [7, 11) is 0. The van der Waals surface area contributed by atoms with E-state index in [1.807, 2.05) is 0 Å². The van der Waals surface area contributed by atoms with E-state index in [2.05, 4.69) is 19.2 Å². The molecule has 0 bridgehead atoms. The van der Waals surface area contributed by atoms with Crippen LogP contribution in [-0.4, -0.2) is 87.5 Å². The van der Waals surface area contributed by atoms with Gasteiger partial charge < -0.3 is 40.3 Å². The van der Waals surface area contributed by atoms with Crippen LogP contribution in [0, 0.1) is 0 Å². The molecule has 1 heterocycles. The molecular weight excluding hydrogens is 502 g/mol. The van der Waals surface area contributed by atoms with Crippen LogP contribution in [-0.2, 0) is 14.3 Å². The normalized spacial score (nSPS) is 24.9. The highest BCUT2D eigenvalue weighted by Gasteiger charge is 2.44. The topological polar surface area (TPSA) is 149 Å². The molecule has 0 radical (unpaired) electrons. The van der Waals surface area contributed by atoms with Gasteiger partial charge in [-0.1, -0.05) is 110 Å². The summed E-state index contributed by atoms with van der Waals surface area (Å²) in [6.45, 7) is 3.62. The largest absolute Gasteiger partial charge is 0.394 e. The summed E-state index contributed by atoms with van der Waals surface area (Å²) in [6.07, 6.45) is 11.9. The summed E-state index contributed by atoms with van der Waals surface area (Å²) in [5.41, 5.74) is 0. The molecule has 0 aromatic carbocycles. The number of aliphatic hydroxyl groups is 5. The Balaban J connectivity index is 2.40. The van der Waals surface area contributed by atoms with Crippen LogP contribution in [0.4, 0.5) is 0 Å². The van der Waals surface area contributed by atoms with E-state index < -0.39 is 49.5 Å². The third-order valence-electron chi connectivity index (χ3n) is 7.71. The summed E-state index contributed by atoms with van der Waals surface area (Å²) < 4.78 is 11.0. The van der Waals surface area contributed by atoms with Crippen molar-refractivity contribution in [3.8, 4) is 0 Å². The zero-order chi connectivity index (χ0) is 28.9. The second-order valence-corrected chi connectivity index (χ2v) is 11.3. The van der Waals surface area contributed by atoms with Gasteiger partial charge in [0, 0.05) is 6.42 Å². The molecule has 1 amide bonds. The van der Waals surface area contributed by atoms with Gasteiger partial charge in [-0.2, -0.15) is 0 Å². The lowest BCUT2D eigenvalue weighted by Crippen LogP contribution is -2.60. The second-order valence-electron chi connectivity index (χ2n) is 11.3. The first-order valence-corrected chi connectivity index (χ1v) is 15.7. The van der Waals surface area contributed by atoms with E-state index in [1.165, 1.54) is 64.2 Å². The highest BCUT2D eigenvalue weighted by molar-refractivity contribution is 5.76. The predicted octanol–water partition coefficient (Wildman–Crippen LogP) is 3.71. The highest BCUT2D eigenvalue weighted by atomic mass is 16.7. The number of carbonyl (C=O) groups excluding carboxylic acids is 1. The zero-order valence-electron chi connectivity index (χ0n) is 24.6. The molecule has 0 aromatic rings. The van der Waals surface area contributed by atoms with E-state index in [9.17, 15) is 30.3 Å². The minimum Gasteiger partial charge on any atom is -0.394 e. The van der Waals surface area contributed by atoms with Gasteiger partial charge in [0.25, 0.3) is 0 Å². The van der Waals surface area contributed by atoms with Crippen LogP contribution in [0.1, 0.15) is 129 Å². The summed E-state index contributed by atoms with van der Waals surface area (Å²) in [5, 5.41) is 53.3. The lowest BCUT2D eigenvalue weighted by molar-refractivity contribution is -0.302. The van der Waals surface area contributed by atoms with Crippen molar-refractivity contribution in [3.05, 3.63) is 0 Å². The molecule has 0 saturated carbocycles. The molecular formula is C30H59NO8. The molecule has 1 aliphatic rings. The first-order valence-electron chi connectivity index (χ1n) is 15.7. The van der Waals surface area contributed by atoms with Gasteiger partial charge in [0.05, 0.1) is 25.4 Å². The number of aliphatic hydroxyl groups excluding tert-OH is 5. The van der Waals surface area contributed by atoms with Crippen molar-refractivity contribution in [2.45, 2.75) is 172 Å². The number of nitrogens with one attached hydrogen (secondary N) is 1. The van der Waals surface area contributed by atoms with Crippen LogP contribution in [0.25, 0.3) is 0 Å². The van der Waals surface area contributed by atoms with Gasteiger partial charge in [0.1, 0.15) is 24.4 Å². The van der Waals surface area contributed by atoms with Crippen LogP contribution >= 0.6 is 0 Å². The Morgan fingerprint density at radius 1 is 0.769 bits per heavy atom. The molecule has 39 heavy (non-hydrogen) atoms. The second kappa shape index (κ2) is 22.8. The van der Waals surface area contributed by atoms with Crippen LogP contribution in [0.15, 0.2) is 0 Å². The maximum Gasteiger partial charge on any atom is 0.220 e.